The number of carboxylic acid groups (broad SMARTS) is 1. The van der Waals surface area contributed by atoms with Crippen molar-refractivity contribution in [2.24, 2.45) is 5.92 Å². The Hall–Kier alpha value is -2.65. The molecule has 184 valence electrons. The monoisotopic (exact) mass is 486 g/mol. The molecule has 0 bridgehead atoms. The predicted octanol–water partition coefficient (Wildman–Crippen LogP) is 3.98. The first-order valence-corrected chi connectivity index (χ1v) is 13.6. The van der Waals surface area contributed by atoms with Gasteiger partial charge in [0.05, 0.1) is 16.8 Å². The van der Waals surface area contributed by atoms with E-state index in [4.69, 9.17) is 0 Å². The Morgan fingerprint density at radius 3 is 2.50 bits per heavy atom. The van der Waals surface area contributed by atoms with E-state index in [1.54, 1.807) is 25.1 Å². The molecule has 34 heavy (non-hydrogen) atoms. The topological polar surface area (TPSA) is 103 Å². The molecule has 3 heterocycles. The van der Waals surface area contributed by atoms with E-state index in [-0.39, 0.29) is 16.1 Å². The molecule has 2 aliphatic rings. The fourth-order valence-electron chi connectivity index (χ4n) is 4.97. The maximum atomic E-state index is 12.8. The number of hydrogen-bond donors (Lipinski definition) is 2. The molecular formula is C25H34N4O4S. The van der Waals surface area contributed by atoms with Gasteiger partial charge in [-0.1, -0.05) is 24.6 Å². The number of aromatic nitrogens is 1. The lowest BCUT2D eigenvalue weighted by atomic mass is 9.93. The van der Waals surface area contributed by atoms with Crippen LogP contribution in [0.25, 0.3) is 0 Å². The Morgan fingerprint density at radius 2 is 1.82 bits per heavy atom. The lowest BCUT2D eigenvalue weighted by molar-refractivity contribution is 0.0697. The second-order valence-electron chi connectivity index (χ2n) is 9.39. The molecule has 1 aromatic heterocycles. The van der Waals surface area contributed by atoms with Gasteiger partial charge in [0.1, 0.15) is 11.4 Å². The van der Waals surface area contributed by atoms with Gasteiger partial charge in [-0.3, -0.25) is 4.72 Å². The molecule has 2 aliphatic heterocycles. The number of pyridine rings is 1. The minimum Gasteiger partial charge on any atom is -0.478 e. The fraction of sp³-hybridized carbons (Fsp3) is 0.520. The number of anilines is 2. The highest BCUT2D eigenvalue weighted by Crippen LogP contribution is 2.29. The number of carbonyl (C=O) groups is 1. The molecule has 2 N–H and O–H groups in total. The Morgan fingerprint density at radius 1 is 1.12 bits per heavy atom. The maximum Gasteiger partial charge on any atom is 0.339 e. The first-order valence-electron chi connectivity index (χ1n) is 12.1. The second-order valence-corrected chi connectivity index (χ2v) is 11.0. The normalized spacial score (nSPS) is 18.1. The van der Waals surface area contributed by atoms with Crippen molar-refractivity contribution >= 4 is 27.5 Å². The third-order valence-electron chi connectivity index (χ3n) is 6.95. The third kappa shape index (κ3) is 5.88. The Balaban J connectivity index is 1.41. The summed E-state index contributed by atoms with van der Waals surface area (Å²) in [5, 5.41) is 9.81. The molecule has 0 saturated carbocycles. The molecule has 0 spiro atoms. The average Bonchev–Trinajstić information content (AvgIpc) is 2.83. The van der Waals surface area contributed by atoms with E-state index in [9.17, 15) is 18.3 Å². The smallest absolute Gasteiger partial charge is 0.339 e. The number of piperidine rings is 2. The van der Waals surface area contributed by atoms with Crippen molar-refractivity contribution in [2.45, 2.75) is 50.3 Å². The summed E-state index contributed by atoms with van der Waals surface area (Å²) in [6.45, 7) is 6.81. The Labute approximate surface area is 202 Å². The molecule has 0 radical (unpaired) electrons. The first kappa shape index (κ1) is 24.5. The van der Waals surface area contributed by atoms with Crippen LogP contribution in [0.5, 0.6) is 0 Å². The van der Waals surface area contributed by atoms with Gasteiger partial charge in [-0.15, -0.1) is 0 Å². The van der Waals surface area contributed by atoms with Crippen LogP contribution < -0.4 is 9.62 Å². The van der Waals surface area contributed by atoms with Gasteiger partial charge in [-0.25, -0.2) is 18.2 Å². The lowest BCUT2D eigenvalue weighted by Crippen LogP contribution is -2.37. The highest BCUT2D eigenvalue weighted by Gasteiger charge is 2.26. The minimum atomic E-state index is -3.85. The molecule has 2 saturated heterocycles. The number of hydrogen-bond acceptors (Lipinski definition) is 6. The summed E-state index contributed by atoms with van der Waals surface area (Å²) >= 11 is 0. The average molecular weight is 487 g/mol. The molecule has 0 aliphatic carbocycles. The van der Waals surface area contributed by atoms with Crippen LogP contribution in [0.3, 0.4) is 0 Å². The summed E-state index contributed by atoms with van der Waals surface area (Å²) in [6, 6.07) is 8.02. The number of benzene rings is 1. The quantitative estimate of drug-likeness (QED) is 0.582. The Kier molecular flexibility index (Phi) is 7.73. The van der Waals surface area contributed by atoms with Crippen LogP contribution in [0.15, 0.2) is 41.4 Å². The highest BCUT2D eigenvalue weighted by molar-refractivity contribution is 7.92. The van der Waals surface area contributed by atoms with Gasteiger partial charge in [0, 0.05) is 13.1 Å². The predicted molar refractivity (Wildman–Crippen MR) is 133 cm³/mol. The molecule has 2 fully saturated rings. The zero-order valence-electron chi connectivity index (χ0n) is 19.7. The lowest BCUT2D eigenvalue weighted by Gasteiger charge is -2.35. The van der Waals surface area contributed by atoms with Crippen LogP contribution in [0.1, 0.15) is 54.4 Å². The van der Waals surface area contributed by atoms with Gasteiger partial charge in [-0.2, -0.15) is 0 Å². The summed E-state index contributed by atoms with van der Waals surface area (Å²) in [5.74, 6) is -0.0702. The van der Waals surface area contributed by atoms with Crippen LogP contribution in [0, 0.1) is 12.8 Å². The molecule has 2 aromatic rings. The molecule has 4 rings (SSSR count). The van der Waals surface area contributed by atoms with E-state index >= 15 is 0 Å². The molecule has 8 nitrogen and oxygen atoms in total. The van der Waals surface area contributed by atoms with E-state index in [2.05, 4.69) is 14.6 Å². The van der Waals surface area contributed by atoms with Crippen LogP contribution in [0.4, 0.5) is 11.5 Å². The molecule has 0 atom stereocenters. The summed E-state index contributed by atoms with van der Waals surface area (Å²) in [7, 11) is -3.85. The van der Waals surface area contributed by atoms with Gasteiger partial charge in [0.25, 0.3) is 10.0 Å². The number of nitrogens with zero attached hydrogens (tertiary/aromatic N) is 3. The van der Waals surface area contributed by atoms with E-state index in [1.165, 1.54) is 57.1 Å². The van der Waals surface area contributed by atoms with Crippen molar-refractivity contribution < 1.29 is 18.3 Å². The number of carboxylic acids is 1. The minimum absolute atomic E-state index is 0.0109. The van der Waals surface area contributed by atoms with E-state index in [0.29, 0.717) is 17.3 Å². The zero-order chi connectivity index (χ0) is 24.1. The number of rotatable bonds is 8. The molecule has 1 aromatic carbocycles. The van der Waals surface area contributed by atoms with Crippen LogP contribution in [-0.4, -0.2) is 62.1 Å². The van der Waals surface area contributed by atoms with Crippen LogP contribution in [-0.2, 0) is 10.0 Å². The van der Waals surface area contributed by atoms with Crippen molar-refractivity contribution in [1.82, 2.24) is 9.88 Å². The van der Waals surface area contributed by atoms with Gasteiger partial charge in [0.2, 0.25) is 0 Å². The van der Waals surface area contributed by atoms with E-state index in [0.717, 1.165) is 32.5 Å². The van der Waals surface area contributed by atoms with Crippen molar-refractivity contribution in [3.63, 3.8) is 0 Å². The van der Waals surface area contributed by atoms with Gasteiger partial charge in [0.15, 0.2) is 0 Å². The number of sulfonamides is 1. The largest absolute Gasteiger partial charge is 0.478 e. The zero-order valence-corrected chi connectivity index (χ0v) is 20.6. The third-order valence-corrected chi connectivity index (χ3v) is 8.49. The molecule has 0 amide bonds. The van der Waals surface area contributed by atoms with Crippen molar-refractivity contribution in [2.75, 3.05) is 42.3 Å². The standard InChI is InChI=1S/C25H34N4O4S/c1-19-7-3-4-8-23(19)34(32,33)27-21-17-22(25(30)31)24(26-18-21)29-15-10-20(11-16-29)9-14-28-12-5-2-6-13-28/h3-4,7-8,17-18,20,27H,2,5-6,9-16H2,1H3,(H,30,31). The molecule has 0 unspecified atom stereocenters. The van der Waals surface area contributed by atoms with Crippen molar-refractivity contribution in [3.05, 3.63) is 47.7 Å². The molecular weight excluding hydrogens is 452 g/mol. The SMILES string of the molecule is Cc1ccccc1S(=O)(=O)Nc1cnc(N2CCC(CCN3CCCCC3)CC2)c(C(=O)O)c1. The summed E-state index contributed by atoms with van der Waals surface area (Å²) < 4.78 is 28.1. The van der Waals surface area contributed by atoms with Crippen LogP contribution in [0.2, 0.25) is 0 Å². The van der Waals surface area contributed by atoms with E-state index in [1.807, 2.05) is 4.90 Å². The fourth-order valence-corrected chi connectivity index (χ4v) is 6.25. The first-order chi connectivity index (χ1) is 16.3. The molecule has 9 heteroatoms. The number of likely N-dealkylation sites (tertiary alicyclic amines) is 1. The summed E-state index contributed by atoms with van der Waals surface area (Å²) in [6.07, 6.45) is 8.57. The highest BCUT2D eigenvalue weighted by atomic mass is 32.2. The van der Waals surface area contributed by atoms with Gasteiger partial charge in [-0.05, 0) is 82.3 Å². The van der Waals surface area contributed by atoms with Crippen LogP contribution >= 0.6 is 0 Å². The summed E-state index contributed by atoms with van der Waals surface area (Å²) in [5.41, 5.74) is 0.763. The van der Waals surface area contributed by atoms with Crippen molar-refractivity contribution in [3.8, 4) is 0 Å². The van der Waals surface area contributed by atoms with Gasteiger partial charge < -0.3 is 14.9 Å². The number of nitrogens with one attached hydrogen (secondary N) is 1. The summed E-state index contributed by atoms with van der Waals surface area (Å²) in [4.78, 5) is 21.1. The number of aryl methyl sites for hydroxylation is 1. The number of aromatic carboxylic acids is 1. The van der Waals surface area contributed by atoms with Gasteiger partial charge >= 0.3 is 5.97 Å². The van der Waals surface area contributed by atoms with Crippen molar-refractivity contribution in [1.29, 1.82) is 0 Å². The Bertz CT molecular complexity index is 1110. The maximum absolute atomic E-state index is 12.8. The van der Waals surface area contributed by atoms with E-state index < -0.39 is 16.0 Å². The second kappa shape index (κ2) is 10.7.